The van der Waals surface area contributed by atoms with Gasteiger partial charge in [0.05, 0.1) is 6.04 Å². The molecule has 2 N–H and O–H groups in total. The molecule has 1 aliphatic carbocycles. The van der Waals surface area contributed by atoms with Crippen molar-refractivity contribution in [1.29, 1.82) is 0 Å². The number of aromatic nitrogens is 1. The van der Waals surface area contributed by atoms with Gasteiger partial charge in [0.15, 0.2) is 0 Å². The lowest BCUT2D eigenvalue weighted by molar-refractivity contribution is 0.0928. The molecule has 1 heterocycles. The molecule has 1 aliphatic rings. The molecular weight excluding hydrogens is 284 g/mol. The van der Waals surface area contributed by atoms with Crippen molar-refractivity contribution in [2.75, 3.05) is 0 Å². The Hall–Kier alpha value is -2.55. The average molecular weight is 304 g/mol. The van der Waals surface area contributed by atoms with Gasteiger partial charge < -0.3 is 10.3 Å². The van der Waals surface area contributed by atoms with E-state index < -0.39 is 0 Å². The van der Waals surface area contributed by atoms with E-state index in [4.69, 9.17) is 0 Å². The van der Waals surface area contributed by atoms with E-state index in [0.717, 1.165) is 35.7 Å². The molecule has 0 saturated carbocycles. The monoisotopic (exact) mass is 304 g/mol. The van der Waals surface area contributed by atoms with Gasteiger partial charge in [-0.1, -0.05) is 42.5 Å². The first-order valence-electron chi connectivity index (χ1n) is 8.19. The summed E-state index contributed by atoms with van der Waals surface area (Å²) in [5.41, 5.74) is 5.46. The molecule has 1 atom stereocenters. The molecule has 23 heavy (non-hydrogen) atoms. The standard InChI is InChI=1S/C20H20N2O/c1-13-6-4-9-15-12-18(21-19(13)15)20(23)22-17-11-5-8-14-7-2-3-10-16(14)17/h2-4,6-7,9-10,12,17,21H,5,8,11H2,1H3,(H,22,23). The summed E-state index contributed by atoms with van der Waals surface area (Å²) in [5, 5.41) is 4.28. The zero-order chi connectivity index (χ0) is 15.8. The minimum atomic E-state index is -0.0256. The molecule has 3 heteroatoms. The number of H-pyrrole nitrogens is 1. The van der Waals surface area contributed by atoms with Gasteiger partial charge in [0.1, 0.15) is 5.69 Å². The lowest BCUT2D eigenvalue weighted by Crippen LogP contribution is -2.31. The van der Waals surface area contributed by atoms with Gasteiger partial charge in [0.25, 0.3) is 5.91 Å². The lowest BCUT2D eigenvalue weighted by Gasteiger charge is -2.26. The van der Waals surface area contributed by atoms with Gasteiger partial charge in [0.2, 0.25) is 0 Å². The number of nitrogens with one attached hydrogen (secondary N) is 2. The largest absolute Gasteiger partial charge is 0.350 e. The highest BCUT2D eigenvalue weighted by Crippen LogP contribution is 2.29. The first kappa shape index (κ1) is 14.1. The predicted molar refractivity (Wildman–Crippen MR) is 92.6 cm³/mol. The first-order valence-corrected chi connectivity index (χ1v) is 8.19. The molecule has 1 amide bonds. The maximum absolute atomic E-state index is 12.7. The third-order valence-corrected chi connectivity index (χ3v) is 4.78. The highest BCUT2D eigenvalue weighted by Gasteiger charge is 2.22. The summed E-state index contributed by atoms with van der Waals surface area (Å²) in [7, 11) is 0. The lowest BCUT2D eigenvalue weighted by atomic mass is 9.88. The van der Waals surface area contributed by atoms with Crippen LogP contribution in [0, 0.1) is 6.92 Å². The van der Waals surface area contributed by atoms with Crippen LogP contribution in [0.25, 0.3) is 10.9 Å². The first-order chi connectivity index (χ1) is 11.2. The summed E-state index contributed by atoms with van der Waals surface area (Å²) in [5.74, 6) is -0.0256. The summed E-state index contributed by atoms with van der Waals surface area (Å²) in [6.45, 7) is 2.05. The van der Waals surface area contributed by atoms with Gasteiger partial charge in [-0.15, -0.1) is 0 Å². The summed E-state index contributed by atoms with van der Waals surface area (Å²) in [4.78, 5) is 15.9. The number of hydrogen-bond acceptors (Lipinski definition) is 1. The zero-order valence-corrected chi connectivity index (χ0v) is 13.2. The van der Waals surface area contributed by atoms with E-state index in [1.54, 1.807) is 0 Å². The molecule has 0 saturated heterocycles. The number of aromatic amines is 1. The Balaban J connectivity index is 1.61. The van der Waals surface area contributed by atoms with Crippen molar-refractivity contribution in [2.45, 2.75) is 32.2 Å². The highest BCUT2D eigenvalue weighted by molar-refractivity contribution is 5.98. The number of hydrogen-bond donors (Lipinski definition) is 2. The van der Waals surface area contributed by atoms with Crippen LogP contribution in [0.15, 0.2) is 48.5 Å². The van der Waals surface area contributed by atoms with Crippen molar-refractivity contribution in [3.63, 3.8) is 0 Å². The van der Waals surface area contributed by atoms with Crippen LogP contribution in [0.3, 0.4) is 0 Å². The normalized spacial score (nSPS) is 17.0. The minimum absolute atomic E-state index is 0.0256. The molecule has 0 fully saturated rings. The molecule has 3 aromatic rings. The molecule has 0 aliphatic heterocycles. The van der Waals surface area contributed by atoms with Crippen LogP contribution < -0.4 is 5.32 Å². The molecule has 116 valence electrons. The van der Waals surface area contributed by atoms with Crippen molar-refractivity contribution < 1.29 is 4.79 Å². The predicted octanol–water partition coefficient (Wildman–Crippen LogP) is 4.28. The summed E-state index contributed by atoms with van der Waals surface area (Å²) in [6.07, 6.45) is 3.23. The van der Waals surface area contributed by atoms with Gasteiger partial charge in [-0.3, -0.25) is 4.79 Å². The fraction of sp³-hybridized carbons (Fsp3) is 0.250. The number of carbonyl (C=O) groups excluding carboxylic acids is 1. The molecular formula is C20H20N2O. The van der Waals surface area contributed by atoms with E-state index in [2.05, 4.69) is 47.6 Å². The number of para-hydroxylation sites is 1. The summed E-state index contributed by atoms with van der Waals surface area (Å²) in [6, 6.07) is 16.6. The van der Waals surface area contributed by atoms with Crippen LogP contribution in [0.5, 0.6) is 0 Å². The van der Waals surface area contributed by atoms with Crippen molar-refractivity contribution >= 4 is 16.8 Å². The van der Waals surface area contributed by atoms with E-state index in [-0.39, 0.29) is 11.9 Å². The Labute approximate surface area is 135 Å². The van der Waals surface area contributed by atoms with Gasteiger partial charge in [-0.2, -0.15) is 0 Å². The van der Waals surface area contributed by atoms with Crippen LogP contribution in [-0.4, -0.2) is 10.9 Å². The third-order valence-electron chi connectivity index (χ3n) is 4.78. The van der Waals surface area contributed by atoms with Gasteiger partial charge in [-0.25, -0.2) is 0 Å². The highest BCUT2D eigenvalue weighted by atomic mass is 16.1. The van der Waals surface area contributed by atoms with Crippen molar-refractivity contribution in [3.8, 4) is 0 Å². The maximum atomic E-state index is 12.7. The van der Waals surface area contributed by atoms with Crippen molar-refractivity contribution in [3.05, 3.63) is 70.9 Å². The minimum Gasteiger partial charge on any atom is -0.350 e. The van der Waals surface area contributed by atoms with Crippen LogP contribution in [0.4, 0.5) is 0 Å². The number of rotatable bonds is 2. The van der Waals surface area contributed by atoms with Crippen LogP contribution >= 0.6 is 0 Å². The number of benzene rings is 2. The second-order valence-electron chi connectivity index (χ2n) is 6.34. The van der Waals surface area contributed by atoms with Crippen LogP contribution in [0.1, 0.15) is 46.1 Å². The Morgan fingerprint density at radius 1 is 1.17 bits per heavy atom. The molecule has 1 unspecified atom stereocenters. The maximum Gasteiger partial charge on any atom is 0.268 e. The average Bonchev–Trinajstić information content (AvgIpc) is 3.01. The van der Waals surface area contributed by atoms with Gasteiger partial charge in [-0.05, 0) is 48.9 Å². The summed E-state index contributed by atoms with van der Waals surface area (Å²) < 4.78 is 0. The fourth-order valence-electron chi connectivity index (χ4n) is 3.57. The second-order valence-corrected chi connectivity index (χ2v) is 6.34. The summed E-state index contributed by atoms with van der Waals surface area (Å²) >= 11 is 0. The van der Waals surface area contributed by atoms with Gasteiger partial charge >= 0.3 is 0 Å². The van der Waals surface area contributed by atoms with E-state index >= 15 is 0 Å². The Bertz CT molecular complexity index is 878. The van der Waals surface area contributed by atoms with E-state index in [0.29, 0.717) is 5.69 Å². The molecule has 1 aromatic heterocycles. The second kappa shape index (κ2) is 5.58. The van der Waals surface area contributed by atoms with E-state index in [9.17, 15) is 4.79 Å². The smallest absolute Gasteiger partial charge is 0.268 e. The number of fused-ring (bicyclic) bond motifs is 2. The fourth-order valence-corrected chi connectivity index (χ4v) is 3.57. The number of carbonyl (C=O) groups is 1. The SMILES string of the molecule is Cc1cccc2cc(C(=O)NC3CCCc4ccccc43)[nH]c12. The molecule has 0 bridgehead atoms. The molecule has 0 radical (unpaired) electrons. The van der Waals surface area contributed by atoms with Crippen LogP contribution in [-0.2, 0) is 6.42 Å². The van der Waals surface area contributed by atoms with Crippen molar-refractivity contribution in [2.24, 2.45) is 0 Å². The quantitative estimate of drug-likeness (QED) is 0.729. The zero-order valence-electron chi connectivity index (χ0n) is 13.2. The topological polar surface area (TPSA) is 44.9 Å². The Kier molecular flexibility index (Phi) is 3.41. The Morgan fingerprint density at radius 3 is 2.91 bits per heavy atom. The van der Waals surface area contributed by atoms with E-state index in [1.165, 1.54) is 11.1 Å². The van der Waals surface area contributed by atoms with E-state index in [1.807, 2.05) is 18.2 Å². The van der Waals surface area contributed by atoms with Crippen LogP contribution in [0.2, 0.25) is 0 Å². The third kappa shape index (κ3) is 2.52. The molecule has 3 nitrogen and oxygen atoms in total. The number of aryl methyl sites for hydroxylation is 2. The molecule has 0 spiro atoms. The number of amides is 1. The molecule has 2 aromatic carbocycles. The Morgan fingerprint density at radius 2 is 2.04 bits per heavy atom. The van der Waals surface area contributed by atoms with Gasteiger partial charge in [0, 0.05) is 10.9 Å². The van der Waals surface area contributed by atoms with Crippen molar-refractivity contribution in [1.82, 2.24) is 10.3 Å². The molecule has 4 rings (SSSR count).